The first-order valence-electron chi connectivity index (χ1n) is 11.3. The molecule has 0 aromatic heterocycles. The molecule has 4 rings (SSSR count). The highest BCUT2D eigenvalue weighted by Gasteiger charge is 2.38. The molecule has 1 aliphatic heterocycles. The minimum Gasteiger partial charge on any atom is -0.492 e. The van der Waals surface area contributed by atoms with Crippen LogP contribution in [0.25, 0.3) is 0 Å². The number of Topliss-reactive ketones (excluding diaryl/α,β-unsaturated/α-hetero) is 1. The lowest BCUT2D eigenvalue weighted by atomic mass is 9.73. The number of ketones is 1. The molecule has 0 saturated heterocycles. The van der Waals surface area contributed by atoms with Crippen LogP contribution in [0, 0.1) is 0 Å². The minimum atomic E-state index is -0.274. The molecule has 0 saturated carbocycles. The standard InChI is InChI=1S/C27H30ClNO3/c1-5-32-24-11-8-17(12-21(24)28)20-15-25(31)29-22-13-18(14-23(30)26(20)22)16-6-9-19(10-7-16)27(2,3)4/h6-12,18,20H,5,13-15H2,1-4H3,(H,29,31). The number of nitrogens with one attached hydrogen (secondary N) is 1. The van der Waals surface area contributed by atoms with Gasteiger partial charge in [0, 0.05) is 30.0 Å². The Labute approximate surface area is 195 Å². The van der Waals surface area contributed by atoms with Crippen molar-refractivity contribution in [1.29, 1.82) is 0 Å². The van der Waals surface area contributed by atoms with E-state index in [0.29, 0.717) is 30.2 Å². The van der Waals surface area contributed by atoms with Crippen LogP contribution in [-0.2, 0) is 15.0 Å². The molecular formula is C27H30ClNO3. The third-order valence-corrected chi connectivity index (χ3v) is 6.74. The molecule has 2 aromatic carbocycles. The highest BCUT2D eigenvalue weighted by Crippen LogP contribution is 2.43. The normalized spacial score (nSPS) is 21.3. The summed E-state index contributed by atoms with van der Waals surface area (Å²) in [6, 6.07) is 14.1. The molecule has 0 radical (unpaired) electrons. The predicted molar refractivity (Wildman–Crippen MR) is 127 cm³/mol. The van der Waals surface area contributed by atoms with Gasteiger partial charge in [0.2, 0.25) is 5.91 Å². The Bertz CT molecular complexity index is 1080. The van der Waals surface area contributed by atoms with Crippen LogP contribution < -0.4 is 10.1 Å². The number of halogens is 1. The molecule has 5 heteroatoms. The van der Waals surface area contributed by atoms with Crippen LogP contribution in [-0.4, -0.2) is 18.3 Å². The molecule has 168 valence electrons. The predicted octanol–water partition coefficient (Wildman–Crippen LogP) is 6.04. The zero-order valence-corrected chi connectivity index (χ0v) is 19.9. The Morgan fingerprint density at radius 3 is 2.31 bits per heavy atom. The number of benzene rings is 2. The Morgan fingerprint density at radius 1 is 1.00 bits per heavy atom. The Morgan fingerprint density at radius 2 is 1.69 bits per heavy atom. The van der Waals surface area contributed by atoms with Gasteiger partial charge in [-0.1, -0.05) is 62.7 Å². The molecule has 4 nitrogen and oxygen atoms in total. The van der Waals surface area contributed by atoms with E-state index < -0.39 is 0 Å². The fraction of sp³-hybridized carbons (Fsp3) is 0.407. The summed E-state index contributed by atoms with van der Waals surface area (Å²) in [5.74, 6) is 0.449. The maximum Gasteiger partial charge on any atom is 0.225 e. The van der Waals surface area contributed by atoms with Crippen LogP contribution in [0.3, 0.4) is 0 Å². The molecule has 32 heavy (non-hydrogen) atoms. The molecule has 2 aromatic rings. The van der Waals surface area contributed by atoms with Crippen LogP contribution in [0.1, 0.15) is 75.5 Å². The van der Waals surface area contributed by atoms with Crippen molar-refractivity contribution in [3.8, 4) is 5.75 Å². The number of hydrogen-bond donors (Lipinski definition) is 1. The number of allylic oxidation sites excluding steroid dienone is 2. The van der Waals surface area contributed by atoms with Crippen LogP contribution in [0.4, 0.5) is 0 Å². The van der Waals surface area contributed by atoms with Gasteiger partial charge in [0.25, 0.3) is 0 Å². The monoisotopic (exact) mass is 451 g/mol. The molecule has 0 fully saturated rings. The van der Waals surface area contributed by atoms with Gasteiger partial charge in [0.1, 0.15) is 5.75 Å². The molecule has 1 heterocycles. The zero-order valence-electron chi connectivity index (χ0n) is 19.1. The van der Waals surface area contributed by atoms with Gasteiger partial charge in [0.15, 0.2) is 5.78 Å². The molecule has 1 aliphatic carbocycles. The second kappa shape index (κ2) is 8.74. The first-order valence-corrected chi connectivity index (χ1v) is 11.6. The molecule has 2 unspecified atom stereocenters. The minimum absolute atomic E-state index is 0.0599. The third-order valence-electron chi connectivity index (χ3n) is 6.44. The van der Waals surface area contributed by atoms with Gasteiger partial charge in [-0.15, -0.1) is 0 Å². The average Bonchev–Trinajstić information content (AvgIpc) is 2.74. The molecule has 1 amide bonds. The maximum absolute atomic E-state index is 13.3. The van der Waals surface area contributed by atoms with Gasteiger partial charge in [0.05, 0.1) is 11.6 Å². The number of rotatable bonds is 4. The summed E-state index contributed by atoms with van der Waals surface area (Å²) in [4.78, 5) is 25.9. The third kappa shape index (κ3) is 4.47. The quantitative estimate of drug-likeness (QED) is 0.616. The second-order valence-electron chi connectivity index (χ2n) is 9.72. The van der Waals surface area contributed by atoms with Crippen LogP contribution >= 0.6 is 11.6 Å². The highest BCUT2D eigenvalue weighted by atomic mass is 35.5. The number of amides is 1. The van der Waals surface area contributed by atoms with Crippen molar-refractivity contribution >= 4 is 23.3 Å². The molecule has 0 bridgehead atoms. The summed E-state index contributed by atoms with van der Waals surface area (Å²) in [7, 11) is 0. The summed E-state index contributed by atoms with van der Waals surface area (Å²) in [6.45, 7) is 8.99. The average molecular weight is 452 g/mol. The van der Waals surface area contributed by atoms with E-state index in [9.17, 15) is 9.59 Å². The summed E-state index contributed by atoms with van der Waals surface area (Å²) in [6.07, 6.45) is 1.35. The van der Waals surface area contributed by atoms with Crippen molar-refractivity contribution < 1.29 is 14.3 Å². The summed E-state index contributed by atoms with van der Waals surface area (Å²) in [5.41, 5.74) is 4.85. The largest absolute Gasteiger partial charge is 0.492 e. The summed E-state index contributed by atoms with van der Waals surface area (Å²) in [5, 5.41) is 3.49. The molecule has 1 N–H and O–H groups in total. The maximum atomic E-state index is 13.3. The fourth-order valence-electron chi connectivity index (χ4n) is 4.74. The fourth-order valence-corrected chi connectivity index (χ4v) is 4.99. The first-order chi connectivity index (χ1) is 15.2. The second-order valence-corrected chi connectivity index (χ2v) is 10.1. The lowest BCUT2D eigenvalue weighted by Crippen LogP contribution is -2.38. The van der Waals surface area contributed by atoms with Crippen molar-refractivity contribution in [3.63, 3.8) is 0 Å². The summed E-state index contributed by atoms with van der Waals surface area (Å²) >= 11 is 6.40. The number of carbonyl (C=O) groups excluding carboxylic acids is 2. The smallest absolute Gasteiger partial charge is 0.225 e. The molecular weight excluding hydrogens is 422 g/mol. The zero-order chi connectivity index (χ0) is 23.0. The van der Waals surface area contributed by atoms with Crippen molar-refractivity contribution in [3.05, 3.63) is 75.4 Å². The van der Waals surface area contributed by atoms with E-state index >= 15 is 0 Å². The van der Waals surface area contributed by atoms with E-state index in [1.54, 1.807) is 0 Å². The van der Waals surface area contributed by atoms with Crippen LogP contribution in [0.15, 0.2) is 53.7 Å². The first kappa shape index (κ1) is 22.6. The van der Waals surface area contributed by atoms with Crippen LogP contribution in [0.2, 0.25) is 5.02 Å². The lowest BCUT2D eigenvalue weighted by molar-refractivity contribution is -0.122. The van der Waals surface area contributed by atoms with E-state index in [0.717, 1.165) is 22.4 Å². The topological polar surface area (TPSA) is 55.4 Å². The van der Waals surface area contributed by atoms with Gasteiger partial charge >= 0.3 is 0 Å². The van der Waals surface area contributed by atoms with Gasteiger partial charge in [-0.3, -0.25) is 9.59 Å². The van der Waals surface area contributed by atoms with E-state index in [1.807, 2.05) is 25.1 Å². The van der Waals surface area contributed by atoms with Gasteiger partial charge in [-0.2, -0.15) is 0 Å². The molecule has 0 spiro atoms. The van der Waals surface area contributed by atoms with Crippen molar-refractivity contribution in [2.75, 3.05) is 6.61 Å². The molecule has 2 aliphatic rings. The van der Waals surface area contributed by atoms with Gasteiger partial charge in [-0.05, 0) is 53.5 Å². The van der Waals surface area contributed by atoms with E-state index in [-0.39, 0.29) is 35.4 Å². The number of carbonyl (C=O) groups is 2. The molecule has 2 atom stereocenters. The Balaban J connectivity index is 1.64. The summed E-state index contributed by atoms with van der Waals surface area (Å²) < 4.78 is 5.53. The van der Waals surface area contributed by atoms with Gasteiger partial charge < -0.3 is 10.1 Å². The van der Waals surface area contributed by atoms with Gasteiger partial charge in [-0.25, -0.2) is 0 Å². The van der Waals surface area contributed by atoms with Crippen molar-refractivity contribution in [1.82, 2.24) is 5.32 Å². The Kier molecular flexibility index (Phi) is 6.17. The lowest BCUT2D eigenvalue weighted by Gasteiger charge is -2.34. The van der Waals surface area contributed by atoms with E-state index in [2.05, 4.69) is 50.4 Å². The van der Waals surface area contributed by atoms with Crippen LogP contribution in [0.5, 0.6) is 5.75 Å². The number of hydrogen-bond acceptors (Lipinski definition) is 3. The highest BCUT2D eigenvalue weighted by molar-refractivity contribution is 6.32. The van der Waals surface area contributed by atoms with Crippen molar-refractivity contribution in [2.24, 2.45) is 0 Å². The van der Waals surface area contributed by atoms with Crippen molar-refractivity contribution in [2.45, 2.75) is 64.2 Å². The van der Waals surface area contributed by atoms with E-state index in [1.165, 1.54) is 5.56 Å². The van der Waals surface area contributed by atoms with E-state index in [4.69, 9.17) is 16.3 Å². The SMILES string of the molecule is CCOc1ccc(C2CC(=O)NC3=C2C(=O)CC(c2ccc(C(C)(C)C)cc2)C3)cc1Cl. The number of ether oxygens (including phenoxy) is 1. The Hall–Kier alpha value is -2.59.